The second kappa shape index (κ2) is 5.36. The topological polar surface area (TPSA) is 98.7 Å². The summed E-state index contributed by atoms with van der Waals surface area (Å²) in [5, 5.41) is 5.16. The van der Waals surface area contributed by atoms with Crippen LogP contribution in [0.1, 0.15) is 13.3 Å². The third-order valence-corrected chi connectivity index (χ3v) is 4.25. The summed E-state index contributed by atoms with van der Waals surface area (Å²) >= 11 is 0. The Morgan fingerprint density at radius 1 is 1.47 bits per heavy atom. The average molecular weight is 285 g/mol. The fourth-order valence-electron chi connectivity index (χ4n) is 2.24. The molecule has 19 heavy (non-hydrogen) atoms. The fraction of sp³-hybridized carbons (Fsp3) is 0.500. The minimum Gasteiger partial charge on any atom is -0.396 e. The van der Waals surface area contributed by atoms with Crippen molar-refractivity contribution in [1.82, 2.24) is 0 Å². The van der Waals surface area contributed by atoms with Gasteiger partial charge in [0.2, 0.25) is 10.0 Å². The SMILES string of the molecule is CCC1CN(c2cccc(S(N)(=O)=O)c2N)CCO1. The highest BCUT2D eigenvalue weighted by atomic mass is 32.2. The molecule has 0 aromatic heterocycles. The highest BCUT2D eigenvalue weighted by Gasteiger charge is 2.23. The van der Waals surface area contributed by atoms with Crippen LogP contribution in [0.2, 0.25) is 0 Å². The van der Waals surface area contributed by atoms with Crippen LogP contribution in [-0.2, 0) is 14.8 Å². The number of nitrogens with two attached hydrogens (primary N) is 2. The molecule has 0 aliphatic carbocycles. The standard InChI is InChI=1S/C12H19N3O3S/c1-2-9-8-15(6-7-18-9)10-4-3-5-11(12(10)13)19(14,16)17/h3-5,9H,2,6-8,13H2,1H3,(H2,14,16,17). The molecule has 0 amide bonds. The molecule has 1 fully saturated rings. The normalized spacial score (nSPS) is 20.5. The zero-order valence-electron chi connectivity index (χ0n) is 10.9. The highest BCUT2D eigenvalue weighted by molar-refractivity contribution is 7.89. The molecule has 1 heterocycles. The van der Waals surface area contributed by atoms with Crippen LogP contribution in [0, 0.1) is 0 Å². The minimum atomic E-state index is -3.80. The number of nitrogen functional groups attached to an aromatic ring is 1. The Labute approximate surface area is 113 Å². The predicted octanol–water partition coefficient (Wildman–Crippen LogP) is 0.531. The minimum absolute atomic E-state index is 0.0236. The summed E-state index contributed by atoms with van der Waals surface area (Å²) in [5.74, 6) is 0. The van der Waals surface area contributed by atoms with Crippen molar-refractivity contribution in [2.45, 2.75) is 24.3 Å². The quantitative estimate of drug-likeness (QED) is 0.789. The first-order valence-electron chi connectivity index (χ1n) is 6.21. The van der Waals surface area contributed by atoms with Crippen molar-refractivity contribution in [1.29, 1.82) is 0 Å². The van der Waals surface area contributed by atoms with Gasteiger partial charge in [0.25, 0.3) is 0 Å². The second-order valence-corrected chi connectivity index (χ2v) is 6.11. The van der Waals surface area contributed by atoms with Crippen molar-refractivity contribution in [2.75, 3.05) is 30.3 Å². The molecular weight excluding hydrogens is 266 g/mol. The third kappa shape index (κ3) is 2.99. The van der Waals surface area contributed by atoms with Gasteiger partial charge in [-0.1, -0.05) is 13.0 Å². The van der Waals surface area contributed by atoms with Crippen LogP contribution in [-0.4, -0.2) is 34.2 Å². The van der Waals surface area contributed by atoms with Crippen molar-refractivity contribution in [2.24, 2.45) is 5.14 Å². The number of para-hydroxylation sites is 1. The number of anilines is 2. The van der Waals surface area contributed by atoms with E-state index < -0.39 is 10.0 Å². The van der Waals surface area contributed by atoms with E-state index in [1.54, 1.807) is 6.07 Å². The van der Waals surface area contributed by atoms with Gasteiger partial charge in [-0.15, -0.1) is 0 Å². The molecule has 0 saturated carbocycles. The molecule has 1 aliphatic rings. The summed E-state index contributed by atoms with van der Waals surface area (Å²) in [6, 6.07) is 4.88. The summed E-state index contributed by atoms with van der Waals surface area (Å²) in [4.78, 5) is 2.02. The van der Waals surface area contributed by atoms with Gasteiger partial charge in [-0.05, 0) is 18.6 Å². The van der Waals surface area contributed by atoms with E-state index in [0.717, 1.165) is 6.42 Å². The van der Waals surface area contributed by atoms with E-state index in [-0.39, 0.29) is 16.7 Å². The summed E-state index contributed by atoms with van der Waals surface area (Å²) in [6.45, 7) is 4.05. The lowest BCUT2D eigenvalue weighted by Gasteiger charge is -2.35. The average Bonchev–Trinajstić information content (AvgIpc) is 2.37. The van der Waals surface area contributed by atoms with Crippen LogP contribution < -0.4 is 15.8 Å². The molecule has 1 aromatic rings. The maximum atomic E-state index is 11.5. The van der Waals surface area contributed by atoms with E-state index in [0.29, 0.717) is 25.4 Å². The molecular formula is C12H19N3O3S. The molecule has 1 atom stereocenters. The van der Waals surface area contributed by atoms with E-state index in [1.165, 1.54) is 6.07 Å². The van der Waals surface area contributed by atoms with Crippen LogP contribution >= 0.6 is 0 Å². The Morgan fingerprint density at radius 3 is 2.84 bits per heavy atom. The first-order chi connectivity index (χ1) is 8.93. The number of hydrogen-bond acceptors (Lipinski definition) is 5. The fourth-order valence-corrected chi connectivity index (χ4v) is 2.92. The molecule has 6 nitrogen and oxygen atoms in total. The molecule has 1 aliphatic heterocycles. The van der Waals surface area contributed by atoms with E-state index in [4.69, 9.17) is 15.6 Å². The van der Waals surface area contributed by atoms with Gasteiger partial charge in [-0.25, -0.2) is 13.6 Å². The first kappa shape index (κ1) is 14.1. The molecule has 0 spiro atoms. The summed E-state index contributed by atoms with van der Waals surface area (Å²) < 4.78 is 28.5. The zero-order valence-corrected chi connectivity index (χ0v) is 11.7. The largest absolute Gasteiger partial charge is 0.396 e. The van der Waals surface area contributed by atoms with Crippen molar-refractivity contribution in [3.05, 3.63) is 18.2 Å². The number of nitrogens with zero attached hydrogens (tertiary/aromatic N) is 1. The number of rotatable bonds is 3. The van der Waals surface area contributed by atoms with Gasteiger partial charge in [0, 0.05) is 13.1 Å². The van der Waals surface area contributed by atoms with Gasteiger partial charge in [-0.3, -0.25) is 0 Å². The first-order valence-corrected chi connectivity index (χ1v) is 7.76. The molecule has 1 aromatic carbocycles. The molecule has 1 saturated heterocycles. The number of morpholine rings is 1. The smallest absolute Gasteiger partial charge is 0.240 e. The van der Waals surface area contributed by atoms with Crippen LogP contribution in [0.3, 0.4) is 0 Å². The Kier molecular flexibility index (Phi) is 3.98. The maximum absolute atomic E-state index is 11.5. The van der Waals surface area contributed by atoms with Gasteiger partial charge in [0.1, 0.15) is 4.90 Å². The molecule has 0 radical (unpaired) electrons. The van der Waals surface area contributed by atoms with E-state index in [9.17, 15) is 8.42 Å². The Hall–Kier alpha value is -1.31. The van der Waals surface area contributed by atoms with Gasteiger partial charge in [-0.2, -0.15) is 0 Å². The van der Waals surface area contributed by atoms with Crippen LogP contribution in [0.15, 0.2) is 23.1 Å². The molecule has 106 valence electrons. The Morgan fingerprint density at radius 2 is 2.21 bits per heavy atom. The van der Waals surface area contributed by atoms with Gasteiger partial charge < -0.3 is 15.4 Å². The van der Waals surface area contributed by atoms with Crippen molar-refractivity contribution >= 4 is 21.4 Å². The van der Waals surface area contributed by atoms with Crippen molar-refractivity contribution in [3.8, 4) is 0 Å². The van der Waals surface area contributed by atoms with Gasteiger partial charge >= 0.3 is 0 Å². The lowest BCUT2D eigenvalue weighted by molar-refractivity contribution is 0.0385. The predicted molar refractivity (Wildman–Crippen MR) is 74.5 cm³/mol. The second-order valence-electron chi connectivity index (χ2n) is 4.58. The molecule has 0 bridgehead atoms. The van der Waals surface area contributed by atoms with Crippen molar-refractivity contribution < 1.29 is 13.2 Å². The lowest BCUT2D eigenvalue weighted by atomic mass is 10.2. The lowest BCUT2D eigenvalue weighted by Crippen LogP contribution is -2.42. The number of ether oxygens (including phenoxy) is 1. The Balaban J connectivity index is 2.35. The zero-order chi connectivity index (χ0) is 14.0. The Bertz CT molecular complexity index is 559. The molecule has 1 unspecified atom stereocenters. The number of benzene rings is 1. The molecule has 4 N–H and O–H groups in total. The van der Waals surface area contributed by atoms with Crippen molar-refractivity contribution in [3.63, 3.8) is 0 Å². The van der Waals surface area contributed by atoms with Crippen LogP contribution in [0.25, 0.3) is 0 Å². The summed E-state index contributed by atoms with van der Waals surface area (Å²) in [5.41, 5.74) is 6.86. The van der Waals surface area contributed by atoms with Crippen LogP contribution in [0.4, 0.5) is 11.4 Å². The van der Waals surface area contributed by atoms with Gasteiger partial charge in [0.05, 0.1) is 24.1 Å². The number of primary sulfonamides is 1. The highest BCUT2D eigenvalue weighted by Crippen LogP contribution is 2.30. The van der Waals surface area contributed by atoms with E-state index in [2.05, 4.69) is 6.92 Å². The van der Waals surface area contributed by atoms with E-state index >= 15 is 0 Å². The third-order valence-electron chi connectivity index (χ3n) is 3.28. The van der Waals surface area contributed by atoms with Crippen LogP contribution in [0.5, 0.6) is 0 Å². The summed E-state index contributed by atoms with van der Waals surface area (Å²) in [6.07, 6.45) is 1.05. The molecule has 7 heteroatoms. The van der Waals surface area contributed by atoms with E-state index in [1.807, 2.05) is 11.0 Å². The summed E-state index contributed by atoms with van der Waals surface area (Å²) in [7, 11) is -3.80. The maximum Gasteiger partial charge on any atom is 0.240 e. The number of sulfonamides is 1. The van der Waals surface area contributed by atoms with Gasteiger partial charge in [0.15, 0.2) is 0 Å². The number of hydrogen-bond donors (Lipinski definition) is 2. The monoisotopic (exact) mass is 285 g/mol. The molecule has 2 rings (SSSR count).